The highest BCUT2D eigenvalue weighted by atomic mass is 32.2. The number of carbonyl (C=O) groups is 2. The Morgan fingerprint density at radius 2 is 1.84 bits per heavy atom. The molecule has 206 valence electrons. The van der Waals surface area contributed by atoms with Crippen LogP contribution in [0, 0.1) is 12.7 Å². The lowest BCUT2D eigenvalue weighted by Crippen LogP contribution is -2.42. The predicted octanol–water partition coefficient (Wildman–Crippen LogP) is 1.96. The summed E-state index contributed by atoms with van der Waals surface area (Å²) in [6, 6.07) is 2.69. The van der Waals surface area contributed by atoms with Crippen molar-refractivity contribution in [2.75, 3.05) is 39.2 Å². The third kappa shape index (κ3) is 7.72. The lowest BCUT2D eigenvalue weighted by atomic mass is 10.1. The topological polar surface area (TPSA) is 149 Å². The van der Waals surface area contributed by atoms with Crippen LogP contribution in [0.15, 0.2) is 24.5 Å². The summed E-state index contributed by atoms with van der Waals surface area (Å²) in [4.78, 5) is 37.7. The molecule has 2 heterocycles. The fourth-order valence-electron chi connectivity index (χ4n) is 3.39. The molecule has 0 radical (unpaired) electrons. The Morgan fingerprint density at radius 1 is 1.13 bits per heavy atom. The number of amides is 2. The van der Waals surface area contributed by atoms with Crippen LogP contribution in [0.3, 0.4) is 0 Å². The molecule has 0 fully saturated rings. The van der Waals surface area contributed by atoms with E-state index in [2.05, 4.69) is 25.6 Å². The Bertz CT molecular complexity index is 1380. The minimum Gasteiger partial charge on any atom is -0.384 e. The van der Waals surface area contributed by atoms with Gasteiger partial charge < -0.3 is 20.1 Å². The number of sulfone groups is 1. The minimum absolute atomic E-state index is 0.00765. The maximum Gasteiger partial charge on any atom is 0.245 e. The number of nitrogens with one attached hydrogen (secondary N) is 2. The number of benzene rings is 1. The van der Waals surface area contributed by atoms with Crippen LogP contribution in [-0.2, 0) is 28.9 Å². The van der Waals surface area contributed by atoms with E-state index in [1.807, 2.05) is 13.8 Å². The van der Waals surface area contributed by atoms with Gasteiger partial charge in [-0.15, -0.1) is 11.3 Å². The van der Waals surface area contributed by atoms with Gasteiger partial charge in [-0.3, -0.25) is 9.59 Å². The monoisotopic (exact) mass is 567 g/mol. The molecule has 3 aromatic rings. The van der Waals surface area contributed by atoms with Crippen molar-refractivity contribution in [3.05, 3.63) is 41.2 Å². The first kappa shape index (κ1) is 29.5. The second-order valence-corrected chi connectivity index (χ2v) is 11.9. The second kappa shape index (κ2) is 13.1. The number of methoxy groups -OCH3 is 1. The Balaban J connectivity index is 1.86. The summed E-state index contributed by atoms with van der Waals surface area (Å²) in [7, 11) is -2.75. The Morgan fingerprint density at radius 3 is 2.50 bits per heavy atom. The summed E-state index contributed by atoms with van der Waals surface area (Å²) in [6.07, 6.45) is 2.96. The van der Waals surface area contributed by atoms with Crippen LogP contribution in [0.2, 0.25) is 0 Å². The van der Waals surface area contributed by atoms with Crippen molar-refractivity contribution < 1.29 is 31.9 Å². The predicted molar refractivity (Wildman–Crippen MR) is 141 cm³/mol. The van der Waals surface area contributed by atoms with Gasteiger partial charge in [0.15, 0.2) is 15.1 Å². The molecule has 0 aliphatic rings. The van der Waals surface area contributed by atoms with Crippen LogP contribution in [-0.4, -0.2) is 80.5 Å². The number of hydrogen-bond acceptors (Lipinski definition) is 10. The molecule has 0 aliphatic heterocycles. The van der Waals surface area contributed by atoms with Crippen molar-refractivity contribution in [3.8, 4) is 11.1 Å². The number of hydrogen-bond donors (Lipinski definition) is 2. The van der Waals surface area contributed by atoms with Gasteiger partial charge in [-0.2, -0.15) is 0 Å². The molecule has 0 saturated heterocycles. The molecule has 1 aromatic carbocycles. The molecule has 11 nitrogen and oxygen atoms in total. The van der Waals surface area contributed by atoms with Gasteiger partial charge in [-0.1, -0.05) is 0 Å². The van der Waals surface area contributed by atoms with Crippen molar-refractivity contribution in [1.82, 2.24) is 25.6 Å². The summed E-state index contributed by atoms with van der Waals surface area (Å²) in [5.74, 6) is -1.91. The first-order chi connectivity index (χ1) is 18.0. The van der Waals surface area contributed by atoms with Crippen molar-refractivity contribution >= 4 is 43.2 Å². The van der Waals surface area contributed by atoms with Crippen LogP contribution in [0.5, 0.6) is 0 Å². The van der Waals surface area contributed by atoms with Gasteiger partial charge in [0.05, 0.1) is 41.8 Å². The Labute approximate surface area is 224 Å². The summed E-state index contributed by atoms with van der Waals surface area (Å²) in [5.41, 5.74) is 0.927. The maximum atomic E-state index is 14.9. The van der Waals surface area contributed by atoms with Gasteiger partial charge in [-0.05, 0) is 32.9 Å². The minimum atomic E-state index is -4.09. The number of rotatable bonds is 13. The second-order valence-electron chi connectivity index (χ2n) is 8.60. The summed E-state index contributed by atoms with van der Waals surface area (Å²) >= 11 is 0.888. The van der Waals surface area contributed by atoms with E-state index in [0.717, 1.165) is 11.3 Å². The Kier molecular flexibility index (Phi) is 10.2. The lowest BCUT2D eigenvalue weighted by Gasteiger charge is -2.15. The highest BCUT2D eigenvalue weighted by Crippen LogP contribution is 2.35. The average Bonchev–Trinajstić information content (AvgIpc) is 3.25. The van der Waals surface area contributed by atoms with E-state index in [1.54, 1.807) is 6.92 Å². The fraction of sp³-hybridized carbons (Fsp3) is 0.458. The number of halogens is 1. The molecule has 3 rings (SSSR count). The summed E-state index contributed by atoms with van der Waals surface area (Å²) in [6.45, 7) is 5.38. The SMILES string of the molecule is COCCS(=O)(=O)C(C(=O)NCC(=O)NCCOC(C)C)c1nc2cc(-c3cnc(C)nc3)c(F)cc2s1. The number of nitrogens with zero attached hydrogens (tertiary/aromatic N) is 3. The number of thiazole rings is 1. The molecule has 2 aromatic heterocycles. The van der Waals surface area contributed by atoms with Crippen LogP contribution in [0.1, 0.15) is 29.9 Å². The van der Waals surface area contributed by atoms with Crippen LogP contribution in [0.4, 0.5) is 4.39 Å². The summed E-state index contributed by atoms with van der Waals surface area (Å²) < 4.78 is 51.8. The zero-order valence-electron chi connectivity index (χ0n) is 21.5. The van der Waals surface area contributed by atoms with Crippen molar-refractivity contribution in [2.24, 2.45) is 0 Å². The lowest BCUT2D eigenvalue weighted by molar-refractivity contribution is -0.126. The van der Waals surface area contributed by atoms with Gasteiger partial charge in [0, 0.05) is 37.2 Å². The van der Waals surface area contributed by atoms with E-state index in [-0.39, 0.29) is 29.8 Å². The highest BCUT2D eigenvalue weighted by molar-refractivity contribution is 7.92. The molecule has 2 N–H and O–H groups in total. The van der Waals surface area contributed by atoms with Gasteiger partial charge in [-0.25, -0.2) is 27.8 Å². The van der Waals surface area contributed by atoms with E-state index in [1.165, 1.54) is 31.6 Å². The highest BCUT2D eigenvalue weighted by Gasteiger charge is 2.37. The van der Waals surface area contributed by atoms with E-state index < -0.39 is 45.0 Å². The van der Waals surface area contributed by atoms with Gasteiger partial charge in [0.25, 0.3) is 0 Å². The fourth-order valence-corrected chi connectivity index (χ4v) is 6.33. The largest absolute Gasteiger partial charge is 0.384 e. The van der Waals surface area contributed by atoms with Gasteiger partial charge in [0.2, 0.25) is 11.8 Å². The molecule has 0 spiro atoms. The number of fused-ring (bicyclic) bond motifs is 1. The smallest absolute Gasteiger partial charge is 0.245 e. The molecular formula is C24H30FN5O6S2. The number of aryl methyl sites for hydroxylation is 1. The van der Waals surface area contributed by atoms with Crippen LogP contribution in [0.25, 0.3) is 21.3 Å². The number of carbonyl (C=O) groups excluding carboxylic acids is 2. The van der Waals surface area contributed by atoms with E-state index >= 15 is 0 Å². The van der Waals surface area contributed by atoms with Crippen molar-refractivity contribution in [3.63, 3.8) is 0 Å². The van der Waals surface area contributed by atoms with Gasteiger partial charge >= 0.3 is 0 Å². The van der Waals surface area contributed by atoms with E-state index in [9.17, 15) is 22.4 Å². The Hall–Kier alpha value is -3.07. The van der Waals surface area contributed by atoms with Crippen molar-refractivity contribution in [1.29, 1.82) is 0 Å². The molecule has 0 aliphatic carbocycles. The first-order valence-corrected chi connectivity index (χ1v) is 14.3. The molecule has 1 unspecified atom stereocenters. The molecular weight excluding hydrogens is 537 g/mol. The number of aromatic nitrogens is 3. The zero-order chi connectivity index (χ0) is 27.9. The quantitative estimate of drug-likeness (QED) is 0.296. The third-order valence-electron chi connectivity index (χ3n) is 5.28. The molecule has 14 heteroatoms. The normalized spacial score (nSPS) is 12.6. The first-order valence-electron chi connectivity index (χ1n) is 11.8. The summed E-state index contributed by atoms with van der Waals surface area (Å²) in [5, 5.41) is 3.21. The molecule has 38 heavy (non-hydrogen) atoms. The van der Waals surface area contributed by atoms with Crippen LogP contribution >= 0.6 is 11.3 Å². The third-order valence-corrected chi connectivity index (χ3v) is 8.40. The maximum absolute atomic E-state index is 14.9. The number of ether oxygens (including phenoxy) is 2. The van der Waals surface area contributed by atoms with E-state index in [4.69, 9.17) is 9.47 Å². The standard InChI is InChI=1S/C24H30FN5O6S2/c1-14(2)36-6-5-26-21(31)13-29-23(32)22(38(33,34)8-7-35-4)24-30-19-9-17(18(25)10-20(19)37-24)16-11-27-15(3)28-12-16/h9-12,14,22H,5-8,13H2,1-4H3,(H,26,31)(H,29,32). The molecule has 2 amide bonds. The zero-order valence-corrected chi connectivity index (χ0v) is 23.1. The average molecular weight is 568 g/mol. The molecule has 0 bridgehead atoms. The molecule has 0 saturated carbocycles. The van der Waals surface area contributed by atoms with Crippen molar-refractivity contribution in [2.45, 2.75) is 32.1 Å². The van der Waals surface area contributed by atoms with Gasteiger partial charge in [0.1, 0.15) is 16.6 Å². The van der Waals surface area contributed by atoms with Crippen LogP contribution < -0.4 is 10.6 Å². The molecule has 1 atom stereocenters. The van der Waals surface area contributed by atoms with E-state index in [0.29, 0.717) is 28.2 Å².